The first-order valence-corrected chi connectivity index (χ1v) is 8.15. The van der Waals surface area contributed by atoms with Gasteiger partial charge in [-0.3, -0.25) is 4.57 Å². The molecule has 0 saturated heterocycles. The van der Waals surface area contributed by atoms with Crippen molar-refractivity contribution < 1.29 is 19.1 Å². The van der Waals surface area contributed by atoms with Crippen LogP contribution >= 0.6 is 7.60 Å². The van der Waals surface area contributed by atoms with Gasteiger partial charge in [0, 0.05) is 0 Å². The van der Waals surface area contributed by atoms with E-state index in [2.05, 4.69) is 4.52 Å². The lowest BCUT2D eigenvalue weighted by atomic mass is 10.0. The minimum absolute atomic E-state index is 0.0542. The summed E-state index contributed by atoms with van der Waals surface area (Å²) in [6.45, 7) is 1.64. The van der Waals surface area contributed by atoms with Gasteiger partial charge in [-0.25, -0.2) is 0 Å². The second-order valence-corrected chi connectivity index (χ2v) is 6.19. The number of aliphatic hydroxyl groups excluding tert-OH is 1. The molecule has 0 saturated carbocycles. The number of aliphatic hydroxyl groups is 1. The normalized spacial score (nSPS) is 14.7. The summed E-state index contributed by atoms with van der Waals surface area (Å²) in [5.41, 5.74) is 2.08. The quantitative estimate of drug-likeness (QED) is 0.633. The Morgan fingerprint density at radius 2 is 1.67 bits per heavy atom. The first kappa shape index (κ1) is 15.5. The monoisotopic (exact) mass is 304 g/mol. The molecule has 5 heteroatoms. The third-order valence-electron chi connectivity index (χ3n) is 2.91. The molecule has 0 fully saturated rings. The lowest BCUT2D eigenvalue weighted by Crippen LogP contribution is -1.92. The fraction of sp³-hybridized carbons (Fsp3) is 0.125. The Kier molecular flexibility index (Phi) is 4.97. The maximum atomic E-state index is 11.6. The van der Waals surface area contributed by atoms with Crippen molar-refractivity contribution >= 4 is 13.7 Å². The molecule has 0 spiro atoms. The van der Waals surface area contributed by atoms with Gasteiger partial charge in [0.1, 0.15) is 0 Å². The van der Waals surface area contributed by atoms with Crippen molar-refractivity contribution in [2.75, 3.05) is 6.61 Å². The molecular formula is C16H17O4P. The minimum Gasteiger partial charge on any atom is -0.501 e. The molecule has 2 rings (SSSR count). The van der Waals surface area contributed by atoms with Crippen LogP contribution in [0.1, 0.15) is 12.5 Å². The van der Waals surface area contributed by atoms with E-state index in [0.29, 0.717) is 5.56 Å². The summed E-state index contributed by atoms with van der Waals surface area (Å²) in [5, 5.41) is 9.67. The highest BCUT2D eigenvalue weighted by atomic mass is 31.2. The predicted molar refractivity (Wildman–Crippen MR) is 83.9 cm³/mol. The van der Waals surface area contributed by atoms with Crippen LogP contribution in [0.25, 0.3) is 17.2 Å². The van der Waals surface area contributed by atoms with Gasteiger partial charge in [-0.05, 0) is 29.7 Å². The average Bonchev–Trinajstić information content (AvgIpc) is 2.49. The van der Waals surface area contributed by atoms with Crippen molar-refractivity contribution in [3.8, 4) is 11.1 Å². The van der Waals surface area contributed by atoms with Gasteiger partial charge in [0.2, 0.25) is 5.50 Å². The van der Waals surface area contributed by atoms with E-state index in [4.69, 9.17) is 0 Å². The van der Waals surface area contributed by atoms with E-state index < -0.39 is 13.1 Å². The van der Waals surface area contributed by atoms with Crippen LogP contribution in [0.3, 0.4) is 0 Å². The van der Waals surface area contributed by atoms with E-state index in [1.165, 1.54) is 6.08 Å². The highest BCUT2D eigenvalue weighted by Gasteiger charge is 2.24. The summed E-state index contributed by atoms with van der Waals surface area (Å²) in [4.78, 5) is 9.49. The third kappa shape index (κ3) is 4.05. The van der Waals surface area contributed by atoms with E-state index in [9.17, 15) is 14.6 Å². The largest absolute Gasteiger partial charge is 0.501 e. The van der Waals surface area contributed by atoms with Crippen molar-refractivity contribution in [1.82, 2.24) is 0 Å². The van der Waals surface area contributed by atoms with E-state index in [-0.39, 0.29) is 6.61 Å². The molecule has 0 heterocycles. The van der Waals surface area contributed by atoms with E-state index >= 15 is 0 Å². The molecule has 4 nitrogen and oxygen atoms in total. The molecule has 1 unspecified atom stereocenters. The molecule has 0 aliphatic heterocycles. The van der Waals surface area contributed by atoms with Crippen LogP contribution in [0, 0.1) is 0 Å². The zero-order valence-electron chi connectivity index (χ0n) is 11.6. The Balaban J connectivity index is 2.22. The maximum Gasteiger partial charge on any atom is 0.392 e. The fourth-order valence-corrected chi connectivity index (χ4v) is 2.67. The van der Waals surface area contributed by atoms with E-state index in [1.54, 1.807) is 19.1 Å². The van der Waals surface area contributed by atoms with Gasteiger partial charge >= 0.3 is 7.60 Å². The average molecular weight is 304 g/mol. The smallest absolute Gasteiger partial charge is 0.392 e. The molecule has 110 valence electrons. The summed E-state index contributed by atoms with van der Waals surface area (Å²) in [5.74, 6) is 0. The molecule has 0 amide bonds. The highest BCUT2D eigenvalue weighted by molar-refractivity contribution is 7.57. The summed E-state index contributed by atoms with van der Waals surface area (Å²) < 4.78 is 16.3. The van der Waals surface area contributed by atoms with Crippen LogP contribution in [0.4, 0.5) is 0 Å². The summed E-state index contributed by atoms with van der Waals surface area (Å²) in [6.07, 6.45) is 1.24. The second-order valence-electron chi connectivity index (χ2n) is 4.43. The van der Waals surface area contributed by atoms with Crippen LogP contribution < -0.4 is 0 Å². The maximum absolute atomic E-state index is 11.6. The van der Waals surface area contributed by atoms with Gasteiger partial charge in [0.15, 0.2) is 0 Å². The SMILES string of the molecule is CCOP(=O)(O)C(O)=Cc1ccc(-c2ccccc2)cc1. The first-order chi connectivity index (χ1) is 10.0. The van der Waals surface area contributed by atoms with Crippen LogP contribution in [-0.4, -0.2) is 16.6 Å². The lowest BCUT2D eigenvalue weighted by Gasteiger charge is -2.09. The van der Waals surface area contributed by atoms with Gasteiger partial charge in [0.05, 0.1) is 6.61 Å². The standard InChI is InChI=1S/C16H17O4P/c1-2-20-21(18,19)16(17)12-13-8-10-15(11-9-13)14-6-4-3-5-7-14/h3-12,17H,2H2,1H3,(H,18,19). The second kappa shape index (κ2) is 6.72. The van der Waals surface area contributed by atoms with Crippen LogP contribution in [0.2, 0.25) is 0 Å². The Hall–Kier alpha value is -1.87. The molecule has 0 bridgehead atoms. The number of hydrogen-bond donors (Lipinski definition) is 2. The molecule has 2 aromatic rings. The van der Waals surface area contributed by atoms with Gasteiger partial charge < -0.3 is 14.5 Å². The van der Waals surface area contributed by atoms with E-state index in [1.807, 2.05) is 42.5 Å². The molecule has 21 heavy (non-hydrogen) atoms. The first-order valence-electron chi connectivity index (χ1n) is 6.57. The highest BCUT2D eigenvalue weighted by Crippen LogP contribution is 2.49. The molecule has 0 aliphatic carbocycles. The lowest BCUT2D eigenvalue weighted by molar-refractivity contribution is 0.261. The molecular weight excluding hydrogens is 287 g/mol. The Morgan fingerprint density at radius 1 is 1.10 bits per heavy atom. The minimum atomic E-state index is -4.10. The number of rotatable bonds is 5. The molecule has 2 N–H and O–H groups in total. The van der Waals surface area contributed by atoms with Gasteiger partial charge in [-0.2, -0.15) is 0 Å². The fourth-order valence-electron chi connectivity index (χ4n) is 1.87. The van der Waals surface area contributed by atoms with Crippen molar-refractivity contribution in [3.63, 3.8) is 0 Å². The topological polar surface area (TPSA) is 66.8 Å². The van der Waals surface area contributed by atoms with Gasteiger partial charge in [-0.15, -0.1) is 0 Å². The third-order valence-corrected chi connectivity index (χ3v) is 4.22. The van der Waals surface area contributed by atoms with Crippen molar-refractivity contribution in [1.29, 1.82) is 0 Å². The number of benzene rings is 2. The van der Waals surface area contributed by atoms with Gasteiger partial charge in [0.25, 0.3) is 0 Å². The zero-order chi connectivity index (χ0) is 15.3. The molecule has 0 aliphatic rings. The summed E-state index contributed by atoms with van der Waals surface area (Å²) in [7, 11) is -4.10. The summed E-state index contributed by atoms with van der Waals surface area (Å²) >= 11 is 0. The molecule has 1 atom stereocenters. The Bertz CT molecular complexity index is 662. The molecule has 2 aromatic carbocycles. The van der Waals surface area contributed by atoms with Crippen LogP contribution in [0.15, 0.2) is 60.1 Å². The Labute approximate surface area is 123 Å². The van der Waals surface area contributed by atoms with Crippen LogP contribution in [0.5, 0.6) is 0 Å². The molecule has 0 radical (unpaired) electrons. The van der Waals surface area contributed by atoms with Crippen molar-refractivity contribution in [2.45, 2.75) is 6.92 Å². The predicted octanol–water partition coefficient (Wildman–Crippen LogP) is 4.43. The van der Waals surface area contributed by atoms with Crippen molar-refractivity contribution in [2.24, 2.45) is 0 Å². The Morgan fingerprint density at radius 3 is 2.24 bits per heavy atom. The zero-order valence-corrected chi connectivity index (χ0v) is 12.5. The summed E-state index contributed by atoms with van der Waals surface area (Å²) in [6, 6.07) is 17.2. The van der Waals surface area contributed by atoms with Gasteiger partial charge in [-0.1, -0.05) is 54.6 Å². The van der Waals surface area contributed by atoms with Crippen LogP contribution in [-0.2, 0) is 9.09 Å². The number of hydrogen-bond acceptors (Lipinski definition) is 3. The van der Waals surface area contributed by atoms with E-state index in [0.717, 1.165) is 11.1 Å². The molecule has 0 aromatic heterocycles. The van der Waals surface area contributed by atoms with Crippen molar-refractivity contribution in [3.05, 3.63) is 65.7 Å².